The number of carboxylic acid groups (broad SMARTS) is 1. The fraction of sp³-hybridized carbons (Fsp3) is 0.200. The lowest BCUT2D eigenvalue weighted by Gasteiger charge is -2.18. The van der Waals surface area contributed by atoms with Gasteiger partial charge in [0.25, 0.3) is 0 Å². The fourth-order valence-electron chi connectivity index (χ4n) is 2.98. The van der Waals surface area contributed by atoms with Crippen molar-refractivity contribution in [3.63, 3.8) is 0 Å². The van der Waals surface area contributed by atoms with Gasteiger partial charge in [-0.05, 0) is 35.7 Å². The van der Waals surface area contributed by atoms with Crippen LogP contribution >= 0.6 is 0 Å². The molecule has 1 aromatic heterocycles. The Morgan fingerprint density at radius 2 is 1.78 bits per heavy atom. The lowest BCUT2D eigenvalue weighted by molar-refractivity contribution is -0.141. The molecule has 7 nitrogen and oxygen atoms in total. The predicted octanol–water partition coefficient (Wildman–Crippen LogP) is 1.56. The minimum atomic E-state index is -1.14. The second-order valence-electron chi connectivity index (χ2n) is 6.44. The van der Waals surface area contributed by atoms with Gasteiger partial charge in [0.15, 0.2) is 0 Å². The van der Waals surface area contributed by atoms with Gasteiger partial charge in [0.1, 0.15) is 11.8 Å². The second kappa shape index (κ2) is 7.92. The first-order valence-corrected chi connectivity index (χ1v) is 8.55. The van der Waals surface area contributed by atoms with Gasteiger partial charge in [0.2, 0.25) is 5.91 Å². The van der Waals surface area contributed by atoms with Crippen LogP contribution in [0.1, 0.15) is 11.1 Å². The summed E-state index contributed by atoms with van der Waals surface area (Å²) < 4.78 is 0. The Hall–Kier alpha value is -3.32. The van der Waals surface area contributed by atoms with Crippen LogP contribution < -0.4 is 11.1 Å². The molecule has 0 saturated carbocycles. The summed E-state index contributed by atoms with van der Waals surface area (Å²) in [7, 11) is 0. The lowest BCUT2D eigenvalue weighted by Crippen LogP contribution is -2.50. The summed E-state index contributed by atoms with van der Waals surface area (Å²) in [5.41, 5.74) is 8.55. The van der Waals surface area contributed by atoms with Crippen LogP contribution in [0.25, 0.3) is 10.9 Å². The van der Waals surface area contributed by atoms with E-state index >= 15 is 0 Å². The van der Waals surface area contributed by atoms with E-state index in [1.54, 1.807) is 12.1 Å². The number of hydrogen-bond acceptors (Lipinski definition) is 4. The van der Waals surface area contributed by atoms with Gasteiger partial charge in [-0.25, -0.2) is 4.79 Å². The number of aromatic amines is 1. The first kappa shape index (κ1) is 18.5. The molecule has 27 heavy (non-hydrogen) atoms. The molecule has 1 unspecified atom stereocenters. The molecule has 0 radical (unpaired) electrons. The number of nitrogens with two attached hydrogens (primary N) is 1. The molecule has 3 aromatic rings. The first-order chi connectivity index (χ1) is 12.9. The third-order valence-electron chi connectivity index (χ3n) is 4.44. The molecule has 0 aliphatic heterocycles. The van der Waals surface area contributed by atoms with Crippen molar-refractivity contribution in [1.29, 1.82) is 0 Å². The maximum Gasteiger partial charge on any atom is 0.326 e. The van der Waals surface area contributed by atoms with Crippen LogP contribution in [0, 0.1) is 0 Å². The molecule has 2 aromatic carbocycles. The van der Waals surface area contributed by atoms with Gasteiger partial charge < -0.3 is 26.2 Å². The SMILES string of the molecule is N[C@@H](Cc1c[nH]c2ccccc12)C(=O)NC(Cc1ccc(O)cc1)C(=O)O. The maximum absolute atomic E-state index is 12.4. The number of hydrogen-bond donors (Lipinski definition) is 5. The third-order valence-corrected chi connectivity index (χ3v) is 4.44. The highest BCUT2D eigenvalue weighted by molar-refractivity contribution is 5.88. The van der Waals surface area contributed by atoms with Crippen molar-refractivity contribution in [3.8, 4) is 5.75 Å². The lowest BCUT2D eigenvalue weighted by atomic mass is 10.0. The number of carbonyl (C=O) groups excluding carboxylic acids is 1. The first-order valence-electron chi connectivity index (χ1n) is 8.55. The topological polar surface area (TPSA) is 128 Å². The number of H-pyrrole nitrogens is 1. The zero-order valence-corrected chi connectivity index (χ0v) is 14.6. The van der Waals surface area contributed by atoms with Gasteiger partial charge >= 0.3 is 5.97 Å². The van der Waals surface area contributed by atoms with Crippen molar-refractivity contribution in [3.05, 3.63) is 65.9 Å². The van der Waals surface area contributed by atoms with Crippen LogP contribution in [0.5, 0.6) is 5.75 Å². The van der Waals surface area contributed by atoms with Gasteiger partial charge in [-0.3, -0.25) is 4.79 Å². The average molecular weight is 367 g/mol. The van der Waals surface area contributed by atoms with Crippen LogP contribution in [0.4, 0.5) is 0 Å². The van der Waals surface area contributed by atoms with Crippen molar-refractivity contribution in [2.75, 3.05) is 0 Å². The predicted molar refractivity (Wildman–Crippen MR) is 101 cm³/mol. The van der Waals surface area contributed by atoms with Gasteiger partial charge in [0, 0.05) is 23.5 Å². The molecule has 6 N–H and O–H groups in total. The zero-order valence-electron chi connectivity index (χ0n) is 14.6. The molecular formula is C20H21N3O4. The number of aromatic nitrogens is 1. The van der Waals surface area contributed by atoms with Crippen molar-refractivity contribution >= 4 is 22.8 Å². The fourth-order valence-corrected chi connectivity index (χ4v) is 2.98. The molecule has 0 bridgehead atoms. The molecule has 2 atom stereocenters. The van der Waals surface area contributed by atoms with E-state index in [4.69, 9.17) is 5.73 Å². The normalized spacial score (nSPS) is 13.2. The Bertz CT molecular complexity index is 949. The molecule has 1 heterocycles. The highest BCUT2D eigenvalue weighted by atomic mass is 16.4. The summed E-state index contributed by atoms with van der Waals surface area (Å²) in [5.74, 6) is -1.57. The number of fused-ring (bicyclic) bond motifs is 1. The van der Waals surface area contributed by atoms with Gasteiger partial charge in [-0.1, -0.05) is 30.3 Å². The number of nitrogens with one attached hydrogen (secondary N) is 2. The maximum atomic E-state index is 12.4. The van der Waals surface area contributed by atoms with Crippen LogP contribution in [0.3, 0.4) is 0 Å². The average Bonchev–Trinajstić information content (AvgIpc) is 3.05. The smallest absolute Gasteiger partial charge is 0.326 e. The van der Waals surface area contributed by atoms with E-state index in [1.807, 2.05) is 30.5 Å². The molecule has 0 saturated heterocycles. The zero-order chi connectivity index (χ0) is 19.4. The molecule has 0 spiro atoms. The minimum absolute atomic E-state index is 0.0930. The number of aliphatic carboxylic acids is 1. The van der Waals surface area contributed by atoms with Crippen molar-refractivity contribution in [1.82, 2.24) is 10.3 Å². The Labute approximate surface area is 155 Å². The molecule has 3 rings (SSSR count). The van der Waals surface area contributed by atoms with Crippen molar-refractivity contribution in [2.24, 2.45) is 5.73 Å². The monoisotopic (exact) mass is 367 g/mol. The molecule has 0 aliphatic rings. The van der Waals surface area contributed by atoms with E-state index in [1.165, 1.54) is 12.1 Å². The Morgan fingerprint density at radius 1 is 1.07 bits per heavy atom. The summed E-state index contributed by atoms with van der Waals surface area (Å²) in [6, 6.07) is 11.9. The number of carbonyl (C=O) groups is 2. The number of rotatable bonds is 7. The number of phenolic OH excluding ortho intramolecular Hbond substituents is 1. The highest BCUT2D eigenvalue weighted by Gasteiger charge is 2.24. The summed E-state index contributed by atoms with van der Waals surface area (Å²) in [6.45, 7) is 0. The van der Waals surface area contributed by atoms with E-state index in [0.717, 1.165) is 16.5 Å². The number of amides is 1. The van der Waals surface area contributed by atoms with Crippen molar-refractivity contribution in [2.45, 2.75) is 24.9 Å². The Balaban J connectivity index is 1.66. The standard InChI is InChI=1S/C20H21N3O4/c21-16(10-13-11-22-17-4-2-1-3-15(13)17)19(25)23-18(20(26)27)9-12-5-7-14(24)8-6-12/h1-8,11,16,18,22,24H,9-10,21H2,(H,23,25)(H,26,27)/t16-,18?/m0/s1. The Kier molecular flexibility index (Phi) is 5.42. The van der Waals surface area contributed by atoms with E-state index in [9.17, 15) is 19.8 Å². The number of phenols is 1. The quantitative estimate of drug-likeness (QED) is 0.433. The Morgan fingerprint density at radius 3 is 2.48 bits per heavy atom. The molecular weight excluding hydrogens is 346 g/mol. The summed E-state index contributed by atoms with van der Waals surface area (Å²) in [6.07, 6.45) is 2.20. The number of para-hydroxylation sites is 1. The molecule has 140 valence electrons. The van der Waals surface area contributed by atoms with E-state index in [-0.39, 0.29) is 12.2 Å². The van der Waals surface area contributed by atoms with Crippen LogP contribution in [-0.2, 0) is 22.4 Å². The highest BCUT2D eigenvalue weighted by Crippen LogP contribution is 2.19. The molecule has 1 amide bonds. The minimum Gasteiger partial charge on any atom is -0.508 e. The van der Waals surface area contributed by atoms with Crippen LogP contribution in [0.15, 0.2) is 54.7 Å². The van der Waals surface area contributed by atoms with Crippen LogP contribution in [-0.4, -0.2) is 39.2 Å². The van der Waals surface area contributed by atoms with E-state index < -0.39 is 24.0 Å². The number of benzene rings is 2. The largest absolute Gasteiger partial charge is 0.508 e. The van der Waals surface area contributed by atoms with Gasteiger partial charge in [-0.15, -0.1) is 0 Å². The second-order valence-corrected chi connectivity index (χ2v) is 6.44. The van der Waals surface area contributed by atoms with Crippen LogP contribution in [0.2, 0.25) is 0 Å². The molecule has 0 aliphatic carbocycles. The molecule has 0 fully saturated rings. The number of carboxylic acids is 1. The van der Waals surface area contributed by atoms with Gasteiger partial charge in [-0.2, -0.15) is 0 Å². The summed E-state index contributed by atoms with van der Waals surface area (Å²) in [5, 5.41) is 22.2. The van der Waals surface area contributed by atoms with Gasteiger partial charge in [0.05, 0.1) is 6.04 Å². The summed E-state index contributed by atoms with van der Waals surface area (Å²) in [4.78, 5) is 27.1. The van der Waals surface area contributed by atoms with E-state index in [0.29, 0.717) is 12.0 Å². The van der Waals surface area contributed by atoms with E-state index in [2.05, 4.69) is 10.3 Å². The van der Waals surface area contributed by atoms with Crippen molar-refractivity contribution < 1.29 is 19.8 Å². The number of aromatic hydroxyl groups is 1. The third kappa shape index (κ3) is 4.45. The molecule has 7 heteroatoms. The summed E-state index contributed by atoms with van der Waals surface area (Å²) >= 11 is 0.